The molecule has 0 saturated carbocycles. The monoisotopic (exact) mass is 527 g/mol. The smallest absolute Gasteiger partial charge is 0.258 e. The predicted molar refractivity (Wildman–Crippen MR) is 159 cm³/mol. The fourth-order valence-electron chi connectivity index (χ4n) is 5.41. The Hall–Kier alpha value is -3.80. The van der Waals surface area contributed by atoms with Crippen molar-refractivity contribution in [3.05, 3.63) is 89.0 Å². The molecule has 4 rings (SSSR count). The van der Waals surface area contributed by atoms with Crippen molar-refractivity contribution in [1.29, 1.82) is 0 Å². The molecule has 0 bridgehead atoms. The van der Waals surface area contributed by atoms with E-state index in [4.69, 9.17) is 4.74 Å². The fourth-order valence-corrected chi connectivity index (χ4v) is 5.41. The lowest BCUT2D eigenvalue weighted by Gasteiger charge is -2.41. The molecule has 3 aromatic carbocycles. The molecule has 1 saturated heterocycles. The van der Waals surface area contributed by atoms with Crippen LogP contribution < -0.4 is 15.0 Å². The third kappa shape index (κ3) is 6.11. The molecule has 206 valence electrons. The number of methoxy groups -OCH3 is 1. The van der Waals surface area contributed by atoms with Crippen LogP contribution in [0.2, 0.25) is 0 Å². The number of carbonyl (C=O) groups excluding carboxylic acids is 2. The molecule has 39 heavy (non-hydrogen) atoms. The van der Waals surface area contributed by atoms with Crippen molar-refractivity contribution in [2.75, 3.05) is 38.0 Å². The molecule has 6 heteroatoms. The minimum Gasteiger partial charge on any atom is -0.496 e. The summed E-state index contributed by atoms with van der Waals surface area (Å²) in [5.41, 5.74) is 5.32. The molecule has 1 N–H and O–H groups in total. The number of amides is 2. The van der Waals surface area contributed by atoms with Crippen molar-refractivity contribution in [3.63, 3.8) is 0 Å². The van der Waals surface area contributed by atoms with Gasteiger partial charge in [-0.25, -0.2) is 0 Å². The standard InChI is InChI=1S/C33H41N3O3/c1-22-11-8-15-28(39-7)29(22)32(38)36-20-10-14-27(30(36)23-16-18-26(19-17-23)35(5)6)31(37)34-25-13-9-12-24(21-25)33(2,3)4/h8-9,11-13,15-19,21,27,30H,10,14,20H2,1-7H3,(H,34,37)/t27-,30?/m0/s1. The third-order valence-corrected chi connectivity index (χ3v) is 7.64. The number of likely N-dealkylation sites (tertiary alicyclic amines) is 1. The number of benzene rings is 3. The minimum absolute atomic E-state index is 0.0296. The number of aryl methyl sites for hydroxylation is 1. The summed E-state index contributed by atoms with van der Waals surface area (Å²) < 4.78 is 5.58. The van der Waals surface area contributed by atoms with Gasteiger partial charge in [0, 0.05) is 32.0 Å². The number of ether oxygens (including phenoxy) is 1. The zero-order chi connectivity index (χ0) is 28.3. The van der Waals surface area contributed by atoms with E-state index < -0.39 is 12.0 Å². The summed E-state index contributed by atoms with van der Waals surface area (Å²) >= 11 is 0. The largest absolute Gasteiger partial charge is 0.496 e. The number of rotatable bonds is 6. The van der Waals surface area contributed by atoms with Gasteiger partial charge in [0.2, 0.25) is 5.91 Å². The van der Waals surface area contributed by atoms with Gasteiger partial charge < -0.3 is 19.9 Å². The van der Waals surface area contributed by atoms with Gasteiger partial charge in [-0.3, -0.25) is 9.59 Å². The molecule has 0 spiro atoms. The molecule has 1 unspecified atom stereocenters. The van der Waals surface area contributed by atoms with Gasteiger partial charge in [-0.1, -0.05) is 57.2 Å². The van der Waals surface area contributed by atoms with E-state index in [-0.39, 0.29) is 17.2 Å². The zero-order valence-corrected chi connectivity index (χ0v) is 24.2. The molecule has 0 aliphatic carbocycles. The first-order valence-corrected chi connectivity index (χ1v) is 13.6. The van der Waals surface area contributed by atoms with E-state index in [2.05, 4.69) is 32.2 Å². The molecule has 1 fully saturated rings. The van der Waals surface area contributed by atoms with Gasteiger partial charge in [0.15, 0.2) is 0 Å². The van der Waals surface area contributed by atoms with E-state index in [1.165, 1.54) is 0 Å². The zero-order valence-electron chi connectivity index (χ0n) is 24.2. The maximum absolute atomic E-state index is 14.1. The van der Waals surface area contributed by atoms with E-state index in [0.717, 1.165) is 34.5 Å². The Labute approximate surface area is 233 Å². The van der Waals surface area contributed by atoms with Gasteiger partial charge in [-0.15, -0.1) is 0 Å². The topological polar surface area (TPSA) is 61.9 Å². The summed E-state index contributed by atoms with van der Waals surface area (Å²) in [4.78, 5) is 32.0. The van der Waals surface area contributed by atoms with Crippen LogP contribution in [0.5, 0.6) is 5.75 Å². The van der Waals surface area contributed by atoms with Crippen LogP contribution in [0, 0.1) is 12.8 Å². The Morgan fingerprint density at radius 1 is 1.00 bits per heavy atom. The number of hydrogen-bond donors (Lipinski definition) is 1. The van der Waals surface area contributed by atoms with Crippen LogP contribution in [0.4, 0.5) is 11.4 Å². The molecule has 1 heterocycles. The molecule has 2 atom stereocenters. The third-order valence-electron chi connectivity index (χ3n) is 7.64. The molecule has 2 amide bonds. The molecule has 3 aromatic rings. The SMILES string of the molecule is COc1cccc(C)c1C(=O)N1CCC[C@H](C(=O)Nc2cccc(C(C)(C)C)c2)C1c1ccc(N(C)C)cc1. The lowest BCUT2D eigenvalue weighted by molar-refractivity contribution is -0.123. The van der Waals surface area contributed by atoms with Gasteiger partial charge in [-0.2, -0.15) is 0 Å². The van der Waals surface area contributed by atoms with E-state index in [1.54, 1.807) is 7.11 Å². The molecule has 0 aromatic heterocycles. The van der Waals surface area contributed by atoms with Crippen molar-refractivity contribution < 1.29 is 14.3 Å². The van der Waals surface area contributed by atoms with E-state index in [9.17, 15) is 9.59 Å². The van der Waals surface area contributed by atoms with Crippen LogP contribution in [0.25, 0.3) is 0 Å². The van der Waals surface area contributed by atoms with Crippen molar-refractivity contribution in [2.45, 2.75) is 52.0 Å². The Morgan fingerprint density at radius 2 is 1.69 bits per heavy atom. The lowest BCUT2D eigenvalue weighted by Crippen LogP contribution is -2.46. The normalized spacial score (nSPS) is 17.5. The molecular weight excluding hydrogens is 486 g/mol. The minimum atomic E-state index is -0.405. The van der Waals surface area contributed by atoms with Crippen molar-refractivity contribution in [2.24, 2.45) is 5.92 Å². The first-order valence-electron chi connectivity index (χ1n) is 13.6. The van der Waals surface area contributed by atoms with Gasteiger partial charge >= 0.3 is 0 Å². The van der Waals surface area contributed by atoms with Crippen molar-refractivity contribution in [1.82, 2.24) is 4.90 Å². The van der Waals surface area contributed by atoms with Crippen LogP contribution >= 0.6 is 0 Å². The second-order valence-electron chi connectivity index (χ2n) is 11.7. The van der Waals surface area contributed by atoms with Gasteiger partial charge in [-0.05, 0) is 72.2 Å². The van der Waals surface area contributed by atoms with Crippen LogP contribution in [-0.4, -0.2) is 44.5 Å². The first-order chi connectivity index (χ1) is 18.5. The highest BCUT2D eigenvalue weighted by molar-refractivity contribution is 6.00. The fraction of sp³-hybridized carbons (Fsp3) is 0.394. The Morgan fingerprint density at radius 3 is 2.33 bits per heavy atom. The Balaban J connectivity index is 1.73. The molecule has 1 aliphatic rings. The highest BCUT2D eigenvalue weighted by Gasteiger charge is 2.40. The summed E-state index contributed by atoms with van der Waals surface area (Å²) in [6, 6.07) is 21.4. The van der Waals surface area contributed by atoms with Gasteiger partial charge in [0.1, 0.15) is 5.75 Å². The second-order valence-corrected chi connectivity index (χ2v) is 11.7. The number of nitrogens with one attached hydrogen (secondary N) is 1. The summed E-state index contributed by atoms with van der Waals surface area (Å²) in [6.07, 6.45) is 1.44. The summed E-state index contributed by atoms with van der Waals surface area (Å²) in [5.74, 6) is -0.0376. The van der Waals surface area contributed by atoms with Crippen LogP contribution in [0.1, 0.15) is 66.7 Å². The maximum Gasteiger partial charge on any atom is 0.258 e. The second kappa shape index (κ2) is 11.5. The van der Waals surface area contributed by atoms with E-state index in [0.29, 0.717) is 24.3 Å². The predicted octanol–water partition coefficient (Wildman–Crippen LogP) is 6.60. The highest BCUT2D eigenvalue weighted by atomic mass is 16.5. The number of piperidine rings is 1. The van der Waals surface area contributed by atoms with E-state index in [1.807, 2.05) is 91.5 Å². The van der Waals surface area contributed by atoms with Gasteiger partial charge in [0.25, 0.3) is 5.91 Å². The molecular formula is C33H41N3O3. The molecule has 6 nitrogen and oxygen atoms in total. The van der Waals surface area contributed by atoms with E-state index >= 15 is 0 Å². The Bertz CT molecular complexity index is 1320. The first kappa shape index (κ1) is 28.2. The van der Waals surface area contributed by atoms with Crippen LogP contribution in [0.3, 0.4) is 0 Å². The number of nitrogens with zero attached hydrogens (tertiary/aromatic N) is 2. The van der Waals surface area contributed by atoms with Crippen LogP contribution in [0.15, 0.2) is 66.7 Å². The van der Waals surface area contributed by atoms with Crippen LogP contribution in [-0.2, 0) is 10.2 Å². The number of carbonyl (C=O) groups is 2. The molecule has 0 radical (unpaired) electrons. The highest BCUT2D eigenvalue weighted by Crippen LogP contribution is 2.40. The van der Waals surface area contributed by atoms with Crippen molar-refractivity contribution >= 4 is 23.2 Å². The summed E-state index contributed by atoms with van der Waals surface area (Å²) in [6.45, 7) is 8.97. The van der Waals surface area contributed by atoms with Gasteiger partial charge in [0.05, 0.1) is 24.6 Å². The summed E-state index contributed by atoms with van der Waals surface area (Å²) in [5, 5.41) is 3.18. The summed E-state index contributed by atoms with van der Waals surface area (Å²) in [7, 11) is 5.58. The number of hydrogen-bond acceptors (Lipinski definition) is 4. The number of anilines is 2. The average molecular weight is 528 g/mol. The maximum atomic E-state index is 14.1. The van der Waals surface area contributed by atoms with Crippen molar-refractivity contribution in [3.8, 4) is 5.75 Å². The average Bonchev–Trinajstić information content (AvgIpc) is 2.91. The quantitative estimate of drug-likeness (QED) is 0.392. The lowest BCUT2D eigenvalue weighted by atomic mass is 9.83. The molecule has 1 aliphatic heterocycles. The Kier molecular flexibility index (Phi) is 8.34.